The molecule has 1 fully saturated rings. The van der Waals surface area contributed by atoms with Crippen molar-refractivity contribution in [1.29, 1.82) is 0 Å². The largest absolute Gasteiger partial charge is 0.393 e. The second-order valence-corrected chi connectivity index (χ2v) is 5.20. The van der Waals surface area contributed by atoms with Crippen molar-refractivity contribution in [3.8, 4) is 0 Å². The Labute approximate surface area is 113 Å². The van der Waals surface area contributed by atoms with E-state index in [0.29, 0.717) is 6.54 Å². The normalized spacial score (nSPS) is 22.3. The monoisotopic (exact) mass is 266 g/mol. The second-order valence-electron chi connectivity index (χ2n) is 5.20. The number of amides is 1. The van der Waals surface area contributed by atoms with Crippen LogP contribution in [-0.4, -0.2) is 32.1 Å². The molecule has 1 amide bonds. The van der Waals surface area contributed by atoms with E-state index in [1.807, 2.05) is 20.0 Å². The van der Waals surface area contributed by atoms with E-state index >= 15 is 0 Å². The summed E-state index contributed by atoms with van der Waals surface area (Å²) >= 11 is 0. The maximum atomic E-state index is 11.8. The van der Waals surface area contributed by atoms with E-state index in [9.17, 15) is 9.90 Å². The van der Waals surface area contributed by atoms with Crippen LogP contribution in [0.3, 0.4) is 0 Å². The average molecular weight is 266 g/mol. The van der Waals surface area contributed by atoms with Crippen molar-refractivity contribution in [1.82, 2.24) is 20.3 Å². The molecule has 1 aliphatic rings. The molecule has 19 heavy (non-hydrogen) atoms. The topological polar surface area (TPSA) is 80.0 Å². The van der Waals surface area contributed by atoms with Crippen LogP contribution in [0.25, 0.3) is 0 Å². The van der Waals surface area contributed by atoms with Gasteiger partial charge < -0.3 is 10.4 Å². The minimum absolute atomic E-state index is 0.0804. The number of hydrogen-bond donors (Lipinski definition) is 2. The molecule has 0 aliphatic heterocycles. The predicted octanol–water partition coefficient (Wildman–Crippen LogP) is 1.03. The molecule has 106 valence electrons. The van der Waals surface area contributed by atoms with Crippen molar-refractivity contribution in [2.45, 2.75) is 58.2 Å². The highest BCUT2D eigenvalue weighted by Gasteiger charge is 2.29. The third-order valence-corrected chi connectivity index (χ3v) is 3.82. The van der Waals surface area contributed by atoms with Crippen LogP contribution in [0.4, 0.5) is 0 Å². The van der Waals surface area contributed by atoms with Crippen LogP contribution in [0.15, 0.2) is 6.20 Å². The Bertz CT molecular complexity index is 422. The van der Waals surface area contributed by atoms with Crippen molar-refractivity contribution in [3.63, 3.8) is 0 Å². The van der Waals surface area contributed by atoms with Crippen molar-refractivity contribution < 1.29 is 9.90 Å². The molecule has 1 aliphatic carbocycles. The number of aromatic nitrogens is 3. The lowest BCUT2D eigenvalue weighted by molar-refractivity contribution is -0.125. The molecule has 1 aromatic heterocycles. The number of carbonyl (C=O) groups is 1. The standard InChI is InChI=1S/C13H22N4O2/c1-3-9(4-2)13(19)14-7-10-8-17(16-15-10)11-5-12(18)6-11/h8-9,11-12,18H,3-7H2,1-2H3,(H,14,19). The Morgan fingerprint density at radius 3 is 2.79 bits per heavy atom. The van der Waals surface area contributed by atoms with E-state index in [-0.39, 0.29) is 24.0 Å². The van der Waals surface area contributed by atoms with Gasteiger partial charge in [-0.2, -0.15) is 0 Å². The number of aliphatic hydroxyl groups is 1. The lowest BCUT2D eigenvalue weighted by atomic mass is 9.90. The van der Waals surface area contributed by atoms with E-state index < -0.39 is 0 Å². The summed E-state index contributed by atoms with van der Waals surface area (Å²) in [5, 5.41) is 20.2. The van der Waals surface area contributed by atoms with Gasteiger partial charge in [0.1, 0.15) is 5.69 Å². The Morgan fingerprint density at radius 1 is 1.53 bits per heavy atom. The van der Waals surface area contributed by atoms with Crippen LogP contribution in [0.1, 0.15) is 51.3 Å². The molecule has 2 N–H and O–H groups in total. The molecule has 0 spiro atoms. The van der Waals surface area contributed by atoms with Gasteiger partial charge >= 0.3 is 0 Å². The number of carbonyl (C=O) groups excluding carboxylic acids is 1. The highest BCUT2D eigenvalue weighted by Crippen LogP contribution is 2.31. The molecule has 0 unspecified atom stereocenters. The summed E-state index contributed by atoms with van der Waals surface area (Å²) in [4.78, 5) is 11.8. The number of rotatable bonds is 6. The van der Waals surface area contributed by atoms with Crippen molar-refractivity contribution in [2.24, 2.45) is 5.92 Å². The first kappa shape index (κ1) is 14.0. The third-order valence-electron chi connectivity index (χ3n) is 3.82. The maximum absolute atomic E-state index is 11.8. The quantitative estimate of drug-likeness (QED) is 0.806. The van der Waals surface area contributed by atoms with Gasteiger partial charge in [0.2, 0.25) is 5.91 Å². The summed E-state index contributed by atoms with van der Waals surface area (Å²) < 4.78 is 1.78. The van der Waals surface area contributed by atoms with Crippen molar-refractivity contribution in [3.05, 3.63) is 11.9 Å². The summed E-state index contributed by atoms with van der Waals surface area (Å²) in [6.45, 7) is 4.46. The second kappa shape index (κ2) is 6.14. The molecule has 1 saturated carbocycles. The fraction of sp³-hybridized carbons (Fsp3) is 0.769. The van der Waals surface area contributed by atoms with Gasteiger partial charge in [0.25, 0.3) is 0 Å². The predicted molar refractivity (Wildman–Crippen MR) is 70.2 cm³/mol. The molecule has 6 heteroatoms. The molecular formula is C13H22N4O2. The number of nitrogens with one attached hydrogen (secondary N) is 1. The molecule has 2 rings (SSSR count). The lowest BCUT2D eigenvalue weighted by Crippen LogP contribution is -2.31. The minimum Gasteiger partial charge on any atom is -0.393 e. The van der Waals surface area contributed by atoms with E-state index in [4.69, 9.17) is 0 Å². The highest BCUT2D eigenvalue weighted by molar-refractivity contribution is 5.78. The van der Waals surface area contributed by atoms with E-state index in [2.05, 4.69) is 15.6 Å². The first-order valence-electron chi connectivity index (χ1n) is 7.00. The molecular weight excluding hydrogens is 244 g/mol. The van der Waals surface area contributed by atoms with Crippen molar-refractivity contribution in [2.75, 3.05) is 0 Å². The van der Waals surface area contributed by atoms with Gasteiger partial charge in [-0.15, -0.1) is 5.10 Å². The van der Waals surface area contributed by atoms with E-state index in [1.165, 1.54) is 0 Å². The molecule has 1 aromatic rings. The number of nitrogens with zero attached hydrogens (tertiary/aromatic N) is 3. The van der Waals surface area contributed by atoms with Gasteiger partial charge in [-0.25, -0.2) is 4.68 Å². The first-order chi connectivity index (χ1) is 9.13. The Morgan fingerprint density at radius 2 is 2.21 bits per heavy atom. The zero-order valence-corrected chi connectivity index (χ0v) is 11.5. The van der Waals surface area contributed by atoms with Gasteiger partial charge in [-0.1, -0.05) is 19.1 Å². The first-order valence-corrected chi connectivity index (χ1v) is 7.00. The molecule has 0 radical (unpaired) electrons. The summed E-state index contributed by atoms with van der Waals surface area (Å²) in [5.41, 5.74) is 0.765. The van der Waals surface area contributed by atoms with Gasteiger partial charge in [0, 0.05) is 5.92 Å². The fourth-order valence-electron chi connectivity index (χ4n) is 2.33. The molecule has 0 saturated heterocycles. The zero-order valence-electron chi connectivity index (χ0n) is 11.5. The van der Waals surface area contributed by atoms with Crippen LogP contribution in [-0.2, 0) is 11.3 Å². The summed E-state index contributed by atoms with van der Waals surface area (Å²) in [7, 11) is 0. The van der Waals surface area contributed by atoms with Gasteiger partial charge in [0.05, 0.1) is 24.9 Å². The van der Waals surface area contributed by atoms with Gasteiger partial charge in [-0.05, 0) is 25.7 Å². The smallest absolute Gasteiger partial charge is 0.223 e. The van der Waals surface area contributed by atoms with Crippen LogP contribution in [0, 0.1) is 5.92 Å². The van der Waals surface area contributed by atoms with Crippen LogP contribution in [0.5, 0.6) is 0 Å². The minimum atomic E-state index is -0.202. The fourth-order valence-corrected chi connectivity index (χ4v) is 2.33. The SMILES string of the molecule is CCC(CC)C(=O)NCc1cn(C2CC(O)C2)nn1. The van der Waals surface area contributed by atoms with E-state index in [1.54, 1.807) is 4.68 Å². The van der Waals surface area contributed by atoms with Crippen LogP contribution >= 0.6 is 0 Å². The third kappa shape index (κ3) is 3.32. The lowest BCUT2D eigenvalue weighted by Gasteiger charge is -2.30. The molecule has 1 heterocycles. The molecule has 0 atom stereocenters. The van der Waals surface area contributed by atoms with Crippen LogP contribution in [0.2, 0.25) is 0 Å². The molecule has 6 nitrogen and oxygen atoms in total. The Hall–Kier alpha value is -1.43. The Kier molecular flexibility index (Phi) is 4.52. The molecule has 0 aromatic carbocycles. The Balaban J connectivity index is 1.82. The zero-order chi connectivity index (χ0) is 13.8. The summed E-state index contributed by atoms with van der Waals surface area (Å²) in [5.74, 6) is 0.162. The number of hydrogen-bond acceptors (Lipinski definition) is 4. The van der Waals surface area contributed by atoms with Gasteiger partial charge in [-0.3, -0.25) is 4.79 Å². The molecule has 0 bridgehead atoms. The highest BCUT2D eigenvalue weighted by atomic mass is 16.3. The van der Waals surface area contributed by atoms with Crippen molar-refractivity contribution >= 4 is 5.91 Å². The van der Waals surface area contributed by atoms with Crippen LogP contribution < -0.4 is 5.32 Å². The van der Waals surface area contributed by atoms with Gasteiger partial charge in [0.15, 0.2) is 0 Å². The summed E-state index contributed by atoms with van der Waals surface area (Å²) in [6, 6.07) is 0.256. The summed E-state index contributed by atoms with van der Waals surface area (Å²) in [6.07, 6.45) is 4.84. The maximum Gasteiger partial charge on any atom is 0.223 e. The average Bonchev–Trinajstić information content (AvgIpc) is 2.82. The van der Waals surface area contributed by atoms with E-state index in [0.717, 1.165) is 31.4 Å². The number of aliphatic hydroxyl groups excluding tert-OH is 1.